The number of nitrogens with zero attached hydrogens (tertiary/aromatic N) is 2. The van der Waals surface area contributed by atoms with E-state index in [1.165, 1.54) is 4.31 Å². The van der Waals surface area contributed by atoms with Gasteiger partial charge in [-0.2, -0.15) is 17.5 Å². The second kappa shape index (κ2) is 9.63. The summed E-state index contributed by atoms with van der Waals surface area (Å²) in [5.41, 5.74) is -0.904. The summed E-state index contributed by atoms with van der Waals surface area (Å²) >= 11 is 0. The van der Waals surface area contributed by atoms with Crippen LogP contribution in [0.2, 0.25) is 0 Å². The molecule has 3 rings (SSSR count). The number of rotatable bonds is 7. The van der Waals surface area contributed by atoms with Crippen LogP contribution in [-0.2, 0) is 30.5 Å². The average Bonchev–Trinajstić information content (AvgIpc) is 3.24. The number of benzene rings is 1. The van der Waals surface area contributed by atoms with Crippen LogP contribution in [0, 0.1) is 0 Å². The summed E-state index contributed by atoms with van der Waals surface area (Å²) in [5.74, 6) is -0.117. The smallest absolute Gasteiger partial charge is 0.378 e. The number of sulfonamides is 1. The van der Waals surface area contributed by atoms with Gasteiger partial charge in [0, 0.05) is 32.8 Å². The molecule has 0 saturated carbocycles. The highest BCUT2D eigenvalue weighted by Gasteiger charge is 2.33. The van der Waals surface area contributed by atoms with Crippen LogP contribution in [-0.4, -0.2) is 75.6 Å². The molecular formula is C19H25F3N2O5S. The number of carbonyl (C=O) groups excluding carboxylic acids is 1. The maximum Gasteiger partial charge on any atom is 0.416 e. The van der Waals surface area contributed by atoms with E-state index in [-0.39, 0.29) is 56.1 Å². The van der Waals surface area contributed by atoms with Crippen molar-refractivity contribution in [3.05, 3.63) is 29.8 Å². The molecule has 2 aliphatic rings. The molecule has 2 saturated heterocycles. The highest BCUT2D eigenvalue weighted by atomic mass is 32.2. The van der Waals surface area contributed by atoms with Gasteiger partial charge in [-0.05, 0) is 37.1 Å². The Morgan fingerprint density at radius 2 is 1.80 bits per heavy atom. The summed E-state index contributed by atoms with van der Waals surface area (Å²) in [6.07, 6.45) is -2.24. The normalized spacial score (nSPS) is 21.2. The molecule has 7 nitrogen and oxygen atoms in total. The van der Waals surface area contributed by atoms with E-state index < -0.39 is 21.8 Å². The van der Waals surface area contributed by atoms with Crippen LogP contribution in [0.4, 0.5) is 13.2 Å². The third-order valence-corrected chi connectivity index (χ3v) is 7.11. The lowest BCUT2D eigenvalue weighted by Gasteiger charge is -2.34. The van der Waals surface area contributed by atoms with Gasteiger partial charge >= 0.3 is 6.18 Å². The molecule has 0 bridgehead atoms. The third-order valence-electron chi connectivity index (χ3n) is 5.20. The number of ether oxygens (including phenoxy) is 2. The standard InChI is InChI=1S/C19H25F3N2O5S/c20-19(21,22)15-3-5-17(6-4-15)30(26,27)24-10-8-23(9-11-24)18(25)7-13-28-14-16-2-1-12-29-16/h3-6,16H,1-2,7-14H2. The molecule has 0 aliphatic carbocycles. The van der Waals surface area contributed by atoms with Gasteiger partial charge in [0.2, 0.25) is 15.9 Å². The summed E-state index contributed by atoms with van der Waals surface area (Å²) in [5, 5.41) is 0. The van der Waals surface area contributed by atoms with Crippen molar-refractivity contribution >= 4 is 15.9 Å². The largest absolute Gasteiger partial charge is 0.416 e. The van der Waals surface area contributed by atoms with Gasteiger partial charge in [-0.1, -0.05) is 0 Å². The van der Waals surface area contributed by atoms with Gasteiger partial charge in [-0.25, -0.2) is 8.42 Å². The van der Waals surface area contributed by atoms with Crippen molar-refractivity contribution in [1.29, 1.82) is 0 Å². The van der Waals surface area contributed by atoms with E-state index in [0.717, 1.165) is 43.7 Å². The minimum Gasteiger partial charge on any atom is -0.378 e. The molecule has 1 aromatic rings. The zero-order chi connectivity index (χ0) is 21.8. The first-order valence-electron chi connectivity index (χ1n) is 9.82. The van der Waals surface area contributed by atoms with Crippen molar-refractivity contribution in [3.63, 3.8) is 0 Å². The van der Waals surface area contributed by atoms with Crippen molar-refractivity contribution in [1.82, 2.24) is 9.21 Å². The Bertz CT molecular complexity index is 816. The first kappa shape index (κ1) is 23.0. The van der Waals surface area contributed by atoms with Gasteiger partial charge in [0.25, 0.3) is 0 Å². The van der Waals surface area contributed by atoms with E-state index in [2.05, 4.69) is 0 Å². The Hall–Kier alpha value is -1.69. The molecule has 2 fully saturated rings. The monoisotopic (exact) mass is 450 g/mol. The lowest BCUT2D eigenvalue weighted by Crippen LogP contribution is -2.50. The molecule has 0 radical (unpaired) electrons. The molecule has 0 N–H and O–H groups in total. The van der Waals surface area contributed by atoms with Gasteiger partial charge in [0.1, 0.15) is 0 Å². The molecule has 2 heterocycles. The molecule has 0 spiro atoms. The molecule has 1 atom stereocenters. The quantitative estimate of drug-likeness (QED) is 0.595. The van der Waals surface area contributed by atoms with Gasteiger partial charge in [0.05, 0.1) is 36.2 Å². The predicted octanol–water partition coefficient (Wildman–Crippen LogP) is 2.12. The predicted molar refractivity (Wildman–Crippen MR) is 101 cm³/mol. The SMILES string of the molecule is O=C(CCOCC1CCCO1)N1CCN(S(=O)(=O)c2ccc(C(F)(F)F)cc2)CC1. The first-order valence-corrected chi connectivity index (χ1v) is 11.3. The Balaban J connectivity index is 1.46. The Kier molecular flexibility index (Phi) is 7.38. The Morgan fingerprint density at radius 3 is 2.37 bits per heavy atom. The van der Waals surface area contributed by atoms with Crippen molar-refractivity contribution in [2.75, 3.05) is 46.0 Å². The number of alkyl halides is 3. The van der Waals surface area contributed by atoms with Crippen LogP contribution in [0.25, 0.3) is 0 Å². The summed E-state index contributed by atoms with van der Waals surface area (Å²) in [6.45, 7) is 2.12. The third kappa shape index (κ3) is 5.71. The zero-order valence-corrected chi connectivity index (χ0v) is 17.3. The zero-order valence-electron chi connectivity index (χ0n) is 16.4. The van der Waals surface area contributed by atoms with Crippen LogP contribution in [0.15, 0.2) is 29.2 Å². The fourth-order valence-electron chi connectivity index (χ4n) is 3.45. The highest BCUT2D eigenvalue weighted by Crippen LogP contribution is 2.30. The highest BCUT2D eigenvalue weighted by molar-refractivity contribution is 7.89. The fourth-order valence-corrected chi connectivity index (χ4v) is 4.87. The maximum atomic E-state index is 12.7. The van der Waals surface area contributed by atoms with Crippen LogP contribution in [0.1, 0.15) is 24.8 Å². The molecule has 0 aromatic heterocycles. The number of amides is 1. The van der Waals surface area contributed by atoms with Crippen molar-refractivity contribution in [2.45, 2.75) is 36.4 Å². The van der Waals surface area contributed by atoms with Gasteiger partial charge in [0.15, 0.2) is 0 Å². The van der Waals surface area contributed by atoms with Crippen molar-refractivity contribution in [3.8, 4) is 0 Å². The number of hydrogen-bond donors (Lipinski definition) is 0. The van der Waals surface area contributed by atoms with E-state index in [1.54, 1.807) is 4.90 Å². The summed E-state index contributed by atoms with van der Waals surface area (Å²) < 4.78 is 75.5. The van der Waals surface area contributed by atoms with E-state index in [4.69, 9.17) is 9.47 Å². The summed E-state index contributed by atoms with van der Waals surface area (Å²) in [7, 11) is -3.91. The molecular weight excluding hydrogens is 425 g/mol. The van der Waals surface area contributed by atoms with E-state index in [1.807, 2.05) is 0 Å². The number of halogens is 3. The summed E-state index contributed by atoms with van der Waals surface area (Å²) in [6, 6.07) is 3.43. The molecule has 30 heavy (non-hydrogen) atoms. The van der Waals surface area contributed by atoms with Crippen molar-refractivity contribution < 1.29 is 35.9 Å². The minimum absolute atomic E-state index is 0.0892. The Morgan fingerprint density at radius 1 is 1.13 bits per heavy atom. The molecule has 2 aliphatic heterocycles. The lowest BCUT2D eigenvalue weighted by molar-refractivity contribution is -0.137. The van der Waals surface area contributed by atoms with Gasteiger partial charge in [-0.15, -0.1) is 0 Å². The van der Waals surface area contributed by atoms with Crippen LogP contribution >= 0.6 is 0 Å². The fraction of sp³-hybridized carbons (Fsp3) is 0.632. The first-order chi connectivity index (χ1) is 14.2. The minimum atomic E-state index is -4.53. The topological polar surface area (TPSA) is 76.2 Å². The van der Waals surface area contributed by atoms with Crippen LogP contribution in [0.3, 0.4) is 0 Å². The maximum absolute atomic E-state index is 12.7. The van der Waals surface area contributed by atoms with Crippen LogP contribution < -0.4 is 0 Å². The number of hydrogen-bond acceptors (Lipinski definition) is 5. The van der Waals surface area contributed by atoms with Gasteiger partial charge in [-0.3, -0.25) is 4.79 Å². The number of carbonyl (C=O) groups is 1. The van der Waals surface area contributed by atoms with E-state index >= 15 is 0 Å². The van der Waals surface area contributed by atoms with Crippen molar-refractivity contribution in [2.24, 2.45) is 0 Å². The molecule has 1 amide bonds. The van der Waals surface area contributed by atoms with E-state index in [0.29, 0.717) is 6.61 Å². The number of piperazine rings is 1. The molecule has 1 aromatic carbocycles. The van der Waals surface area contributed by atoms with Crippen LogP contribution in [0.5, 0.6) is 0 Å². The Labute approximate surface area is 173 Å². The molecule has 168 valence electrons. The molecule has 1 unspecified atom stereocenters. The van der Waals surface area contributed by atoms with E-state index in [9.17, 15) is 26.4 Å². The summed E-state index contributed by atoms with van der Waals surface area (Å²) in [4.78, 5) is 13.7. The lowest BCUT2D eigenvalue weighted by atomic mass is 10.2. The van der Waals surface area contributed by atoms with Gasteiger partial charge < -0.3 is 14.4 Å². The molecule has 11 heteroatoms. The average molecular weight is 450 g/mol. The second-order valence-corrected chi connectivity index (χ2v) is 9.20. The second-order valence-electron chi connectivity index (χ2n) is 7.27.